The minimum Gasteiger partial charge on any atom is -0.325 e. The van der Waals surface area contributed by atoms with Crippen molar-refractivity contribution in [2.75, 3.05) is 18.1 Å². The molecule has 1 aliphatic heterocycles. The molecule has 2 N–H and O–H groups in total. The lowest BCUT2D eigenvalue weighted by Gasteiger charge is -2.28. The summed E-state index contributed by atoms with van der Waals surface area (Å²) in [6.07, 6.45) is 0. The van der Waals surface area contributed by atoms with Crippen LogP contribution in [0.25, 0.3) is 0 Å². The summed E-state index contributed by atoms with van der Waals surface area (Å²) in [5, 5.41) is 2.04. The molecule has 2 rings (SSSR count). The summed E-state index contributed by atoms with van der Waals surface area (Å²) in [6, 6.07) is 3.80. The lowest BCUT2D eigenvalue weighted by atomic mass is 10.1. The molecule has 0 radical (unpaired) electrons. The Balaban J connectivity index is 2.09. The van der Waals surface area contributed by atoms with Crippen LogP contribution in [0.3, 0.4) is 0 Å². The number of hydrogen-bond donors (Lipinski definition) is 1. The zero-order valence-electron chi connectivity index (χ0n) is 9.87. The fourth-order valence-electron chi connectivity index (χ4n) is 2.30. The number of rotatable bonds is 4. The maximum atomic E-state index is 11.6. The van der Waals surface area contributed by atoms with Gasteiger partial charge in [-0.1, -0.05) is 13.0 Å². The SMILES string of the molecule is CCN(Cc1cccs1)C1CS(=O)(=O)CC1N. The van der Waals surface area contributed by atoms with Crippen LogP contribution in [-0.4, -0.2) is 43.5 Å². The van der Waals surface area contributed by atoms with E-state index in [1.165, 1.54) is 4.88 Å². The van der Waals surface area contributed by atoms with Gasteiger partial charge in [0.05, 0.1) is 11.5 Å². The molecule has 0 saturated carbocycles. The van der Waals surface area contributed by atoms with Crippen LogP contribution in [0.15, 0.2) is 17.5 Å². The first kappa shape index (κ1) is 13.0. The second-order valence-corrected chi connectivity index (χ2v) is 7.64. The highest BCUT2D eigenvalue weighted by molar-refractivity contribution is 7.91. The summed E-state index contributed by atoms with van der Waals surface area (Å²) in [5.41, 5.74) is 5.94. The Hall–Kier alpha value is -0.430. The lowest BCUT2D eigenvalue weighted by Crippen LogP contribution is -2.46. The van der Waals surface area contributed by atoms with Crippen molar-refractivity contribution in [2.45, 2.75) is 25.6 Å². The van der Waals surface area contributed by atoms with E-state index in [0.29, 0.717) is 0 Å². The number of nitrogens with zero attached hydrogens (tertiary/aromatic N) is 1. The number of likely N-dealkylation sites (N-methyl/N-ethyl adjacent to an activating group) is 1. The monoisotopic (exact) mass is 274 g/mol. The van der Waals surface area contributed by atoms with Crippen molar-refractivity contribution in [3.05, 3.63) is 22.4 Å². The van der Waals surface area contributed by atoms with E-state index in [-0.39, 0.29) is 23.6 Å². The minimum atomic E-state index is -2.94. The Morgan fingerprint density at radius 2 is 2.29 bits per heavy atom. The molecule has 4 nitrogen and oxygen atoms in total. The molecular weight excluding hydrogens is 256 g/mol. The van der Waals surface area contributed by atoms with Crippen molar-refractivity contribution < 1.29 is 8.42 Å². The van der Waals surface area contributed by atoms with Gasteiger partial charge < -0.3 is 5.73 Å². The molecule has 1 aromatic rings. The summed E-state index contributed by atoms with van der Waals surface area (Å²) in [5.74, 6) is 0.325. The van der Waals surface area contributed by atoms with E-state index in [2.05, 4.69) is 11.0 Å². The fourth-order valence-corrected chi connectivity index (χ4v) is 4.95. The summed E-state index contributed by atoms with van der Waals surface area (Å²) >= 11 is 1.69. The van der Waals surface area contributed by atoms with Gasteiger partial charge in [0.1, 0.15) is 0 Å². The summed E-state index contributed by atoms with van der Waals surface area (Å²) < 4.78 is 23.1. The quantitative estimate of drug-likeness (QED) is 0.877. The fraction of sp³-hybridized carbons (Fsp3) is 0.636. The summed E-state index contributed by atoms with van der Waals surface area (Å²) in [4.78, 5) is 3.42. The van der Waals surface area contributed by atoms with Gasteiger partial charge in [0.15, 0.2) is 9.84 Å². The Morgan fingerprint density at radius 3 is 2.76 bits per heavy atom. The molecule has 1 saturated heterocycles. The largest absolute Gasteiger partial charge is 0.325 e. The van der Waals surface area contributed by atoms with E-state index in [0.717, 1.165) is 13.1 Å². The normalized spacial score (nSPS) is 27.7. The molecule has 0 aliphatic carbocycles. The van der Waals surface area contributed by atoms with E-state index in [9.17, 15) is 8.42 Å². The first-order valence-electron chi connectivity index (χ1n) is 5.74. The molecule has 2 heterocycles. The third-order valence-corrected chi connectivity index (χ3v) is 5.78. The van der Waals surface area contributed by atoms with Crippen molar-refractivity contribution in [1.29, 1.82) is 0 Å². The van der Waals surface area contributed by atoms with Gasteiger partial charge in [-0.2, -0.15) is 0 Å². The van der Waals surface area contributed by atoms with Gasteiger partial charge in [-0.05, 0) is 18.0 Å². The lowest BCUT2D eigenvalue weighted by molar-refractivity contribution is 0.202. The van der Waals surface area contributed by atoms with E-state index in [1.807, 2.05) is 18.4 Å². The van der Waals surface area contributed by atoms with Crippen molar-refractivity contribution in [1.82, 2.24) is 4.90 Å². The number of nitrogens with two attached hydrogens (primary N) is 1. The molecule has 1 aromatic heterocycles. The van der Waals surface area contributed by atoms with Crippen molar-refractivity contribution in [2.24, 2.45) is 5.73 Å². The Kier molecular flexibility index (Phi) is 3.87. The number of sulfone groups is 1. The topological polar surface area (TPSA) is 63.4 Å². The average molecular weight is 274 g/mol. The minimum absolute atomic E-state index is 0.0351. The van der Waals surface area contributed by atoms with Crippen molar-refractivity contribution in [3.63, 3.8) is 0 Å². The summed E-state index contributed by atoms with van der Waals surface area (Å²) in [7, 11) is -2.94. The standard InChI is InChI=1S/C11H18N2O2S2/c1-2-13(6-9-4-3-5-16-9)11-8-17(14,15)7-10(11)12/h3-5,10-11H,2,6-8,12H2,1H3. The predicted octanol–water partition coefficient (Wildman–Crippen LogP) is 0.694. The first-order valence-corrected chi connectivity index (χ1v) is 8.44. The third kappa shape index (κ3) is 3.07. The molecular formula is C11H18N2O2S2. The van der Waals surface area contributed by atoms with E-state index in [1.54, 1.807) is 11.3 Å². The molecule has 1 aliphatic rings. The zero-order chi connectivity index (χ0) is 12.5. The average Bonchev–Trinajstić information content (AvgIpc) is 2.82. The van der Waals surface area contributed by atoms with Crippen LogP contribution < -0.4 is 5.73 Å². The molecule has 1 fully saturated rings. The maximum Gasteiger partial charge on any atom is 0.153 e. The highest BCUT2D eigenvalue weighted by Gasteiger charge is 2.38. The van der Waals surface area contributed by atoms with Gasteiger partial charge in [-0.25, -0.2) is 8.42 Å². The first-order chi connectivity index (χ1) is 8.02. The molecule has 0 aromatic carbocycles. The molecule has 2 unspecified atom stereocenters. The van der Waals surface area contributed by atoms with Crippen LogP contribution in [0.1, 0.15) is 11.8 Å². The van der Waals surface area contributed by atoms with E-state index in [4.69, 9.17) is 5.73 Å². The molecule has 0 amide bonds. The Labute approximate surface area is 106 Å². The second kappa shape index (κ2) is 5.06. The van der Waals surface area contributed by atoms with E-state index < -0.39 is 9.84 Å². The van der Waals surface area contributed by atoms with Crippen molar-refractivity contribution >= 4 is 21.2 Å². The Morgan fingerprint density at radius 1 is 1.53 bits per heavy atom. The van der Waals surface area contributed by atoms with Crippen LogP contribution in [0, 0.1) is 0 Å². The van der Waals surface area contributed by atoms with E-state index >= 15 is 0 Å². The molecule has 96 valence electrons. The maximum absolute atomic E-state index is 11.6. The Bertz CT molecular complexity index is 456. The van der Waals surface area contributed by atoms with Gasteiger partial charge in [0.25, 0.3) is 0 Å². The smallest absolute Gasteiger partial charge is 0.153 e. The van der Waals surface area contributed by atoms with Crippen LogP contribution in [0.5, 0.6) is 0 Å². The van der Waals surface area contributed by atoms with Gasteiger partial charge in [0, 0.05) is 23.5 Å². The molecule has 0 spiro atoms. The summed E-state index contributed by atoms with van der Waals surface area (Å²) in [6.45, 7) is 3.67. The predicted molar refractivity (Wildman–Crippen MR) is 70.8 cm³/mol. The highest BCUT2D eigenvalue weighted by atomic mass is 32.2. The molecule has 17 heavy (non-hydrogen) atoms. The van der Waals surface area contributed by atoms with Gasteiger partial charge in [-0.3, -0.25) is 4.90 Å². The van der Waals surface area contributed by atoms with Crippen LogP contribution in [0.4, 0.5) is 0 Å². The molecule has 0 bridgehead atoms. The van der Waals surface area contributed by atoms with Crippen molar-refractivity contribution in [3.8, 4) is 0 Å². The van der Waals surface area contributed by atoms with Gasteiger partial charge in [-0.15, -0.1) is 11.3 Å². The second-order valence-electron chi connectivity index (χ2n) is 4.45. The zero-order valence-corrected chi connectivity index (χ0v) is 11.5. The number of hydrogen-bond acceptors (Lipinski definition) is 5. The van der Waals surface area contributed by atoms with Crippen LogP contribution >= 0.6 is 11.3 Å². The third-order valence-electron chi connectivity index (χ3n) is 3.18. The molecule has 6 heteroatoms. The molecule has 2 atom stereocenters. The van der Waals surface area contributed by atoms with Gasteiger partial charge >= 0.3 is 0 Å². The van der Waals surface area contributed by atoms with Crippen LogP contribution in [0.2, 0.25) is 0 Å². The highest BCUT2D eigenvalue weighted by Crippen LogP contribution is 2.20. The van der Waals surface area contributed by atoms with Crippen LogP contribution in [-0.2, 0) is 16.4 Å². The van der Waals surface area contributed by atoms with Gasteiger partial charge in [0.2, 0.25) is 0 Å². The number of thiophene rings is 1.